The number of carbonyl (C=O) groups is 2. The molecule has 0 radical (unpaired) electrons. The average Bonchev–Trinajstić information content (AvgIpc) is 3.48. The van der Waals surface area contributed by atoms with Gasteiger partial charge in [0.25, 0.3) is 0 Å². The van der Waals surface area contributed by atoms with Gasteiger partial charge < -0.3 is 12.5 Å². The Hall–Kier alpha value is -3.63. The van der Waals surface area contributed by atoms with E-state index in [4.69, 9.17) is 29.2 Å². The first-order valence-electron chi connectivity index (χ1n) is 14.8. The number of nitrogens with zero attached hydrogens (tertiary/aromatic N) is 2. The Balaban J connectivity index is 1.40. The molecule has 3 aromatic carbocycles. The largest absolute Gasteiger partial charge is 0.489 e. The monoisotopic (exact) mass is 724 g/mol. The molecular formula is C35H34ClIN2O5. The average molecular weight is 725 g/mol. The SMILES string of the molecule is CCOC(=O)/C(C)=C/c1cc(-c2ccc(OCc3cc(C(=O)OI)ccc3-c3ccc(Cl)cc3)cc2)n(C2CCCCC2)n1. The summed E-state index contributed by atoms with van der Waals surface area (Å²) >= 11 is 7.71. The van der Waals surface area contributed by atoms with Crippen molar-refractivity contribution in [2.45, 2.75) is 58.6 Å². The summed E-state index contributed by atoms with van der Waals surface area (Å²) in [6, 6.07) is 23.3. The van der Waals surface area contributed by atoms with E-state index >= 15 is 0 Å². The summed E-state index contributed by atoms with van der Waals surface area (Å²) in [6.45, 7) is 4.13. The zero-order chi connectivity index (χ0) is 31.1. The molecule has 0 unspecified atom stereocenters. The molecule has 0 saturated heterocycles. The summed E-state index contributed by atoms with van der Waals surface area (Å²) in [4.78, 5) is 24.5. The Morgan fingerprint density at radius 3 is 2.36 bits per heavy atom. The third kappa shape index (κ3) is 7.71. The lowest BCUT2D eigenvalue weighted by Gasteiger charge is -2.24. The summed E-state index contributed by atoms with van der Waals surface area (Å²) in [6.07, 6.45) is 7.55. The van der Waals surface area contributed by atoms with Gasteiger partial charge in [-0.15, -0.1) is 0 Å². The van der Waals surface area contributed by atoms with Crippen LogP contribution >= 0.6 is 34.6 Å². The minimum absolute atomic E-state index is 0.252. The van der Waals surface area contributed by atoms with Gasteiger partial charge in [0.15, 0.2) is 23.0 Å². The highest BCUT2D eigenvalue weighted by Gasteiger charge is 2.21. The van der Waals surface area contributed by atoms with Crippen LogP contribution in [0, 0.1) is 0 Å². The van der Waals surface area contributed by atoms with Crippen LogP contribution in [0.1, 0.15) is 73.6 Å². The van der Waals surface area contributed by atoms with Gasteiger partial charge in [-0.05, 0) is 104 Å². The van der Waals surface area contributed by atoms with Crippen molar-refractivity contribution in [2.75, 3.05) is 6.61 Å². The van der Waals surface area contributed by atoms with Crippen LogP contribution < -0.4 is 4.74 Å². The van der Waals surface area contributed by atoms with Gasteiger partial charge in [-0.1, -0.05) is 49.1 Å². The number of esters is 1. The van der Waals surface area contributed by atoms with Crippen molar-refractivity contribution >= 4 is 52.6 Å². The maximum Gasteiger partial charge on any atom is 0.347 e. The van der Waals surface area contributed by atoms with Crippen molar-refractivity contribution in [1.82, 2.24) is 9.78 Å². The van der Waals surface area contributed by atoms with E-state index < -0.39 is 5.97 Å². The standard InChI is InChI=1S/C35H34ClIN2O5/c1-3-42-34(40)23(2)19-29-21-33(39(38-29)30-7-5-4-6-8-30)25-11-16-31(17-12-25)43-22-27-20-26(35(41)44-37)13-18-32(27)24-9-14-28(36)15-10-24/h9-21,30H,3-8,22H2,1-2H3/b23-19+. The fourth-order valence-corrected chi connectivity index (χ4v) is 5.89. The van der Waals surface area contributed by atoms with Crippen molar-refractivity contribution in [3.05, 3.63) is 100 Å². The molecule has 1 aromatic heterocycles. The Morgan fingerprint density at radius 1 is 0.977 bits per heavy atom. The van der Waals surface area contributed by atoms with Crippen LogP contribution in [0.25, 0.3) is 28.5 Å². The molecule has 0 N–H and O–H groups in total. The molecule has 4 aromatic rings. The highest BCUT2D eigenvalue weighted by Crippen LogP contribution is 2.34. The number of hydrogen-bond donors (Lipinski definition) is 0. The molecule has 228 valence electrons. The normalized spacial score (nSPS) is 13.9. The van der Waals surface area contributed by atoms with Crippen LogP contribution in [0.4, 0.5) is 0 Å². The maximum atomic E-state index is 12.2. The van der Waals surface area contributed by atoms with E-state index in [0.717, 1.165) is 46.5 Å². The molecule has 1 fully saturated rings. The molecule has 44 heavy (non-hydrogen) atoms. The van der Waals surface area contributed by atoms with Crippen LogP contribution in [-0.2, 0) is 19.2 Å². The van der Waals surface area contributed by atoms with Crippen LogP contribution in [0.3, 0.4) is 0 Å². The minimum Gasteiger partial charge on any atom is -0.489 e. The third-order valence-electron chi connectivity index (χ3n) is 7.75. The number of benzene rings is 3. The van der Waals surface area contributed by atoms with Crippen LogP contribution in [0.15, 0.2) is 78.4 Å². The molecule has 0 spiro atoms. The van der Waals surface area contributed by atoms with Gasteiger partial charge in [0.2, 0.25) is 0 Å². The first-order chi connectivity index (χ1) is 21.4. The summed E-state index contributed by atoms with van der Waals surface area (Å²) < 4.78 is 18.4. The van der Waals surface area contributed by atoms with Gasteiger partial charge in [0.05, 0.1) is 29.6 Å². The zero-order valence-corrected chi connectivity index (χ0v) is 27.6. The van der Waals surface area contributed by atoms with Gasteiger partial charge in [-0.25, -0.2) is 9.59 Å². The lowest BCUT2D eigenvalue weighted by molar-refractivity contribution is -0.138. The Labute approximate surface area is 276 Å². The van der Waals surface area contributed by atoms with Gasteiger partial charge in [-0.3, -0.25) is 4.68 Å². The van der Waals surface area contributed by atoms with Crippen LogP contribution in [0.5, 0.6) is 5.75 Å². The number of aromatic nitrogens is 2. The topological polar surface area (TPSA) is 79.6 Å². The quantitative estimate of drug-likeness (QED) is 0.0922. The van der Waals surface area contributed by atoms with E-state index in [0.29, 0.717) is 34.6 Å². The summed E-state index contributed by atoms with van der Waals surface area (Å²) in [7, 11) is 0. The molecule has 1 heterocycles. The molecule has 0 aliphatic heterocycles. The van der Waals surface area contributed by atoms with Crippen molar-refractivity contribution in [3.63, 3.8) is 0 Å². The number of ether oxygens (including phenoxy) is 2. The van der Waals surface area contributed by atoms with Crippen molar-refractivity contribution in [1.29, 1.82) is 0 Å². The Bertz CT molecular complexity index is 1640. The molecule has 9 heteroatoms. The van der Waals surface area contributed by atoms with E-state index in [1.54, 1.807) is 55.1 Å². The van der Waals surface area contributed by atoms with Gasteiger partial charge in [0, 0.05) is 16.2 Å². The van der Waals surface area contributed by atoms with Crippen molar-refractivity contribution in [3.8, 4) is 28.1 Å². The van der Waals surface area contributed by atoms with E-state index in [2.05, 4.69) is 4.68 Å². The second kappa shape index (κ2) is 14.9. The number of rotatable bonds is 10. The third-order valence-corrected chi connectivity index (χ3v) is 8.40. The first-order valence-corrected chi connectivity index (χ1v) is 16.0. The van der Waals surface area contributed by atoms with Gasteiger partial charge in [0.1, 0.15) is 12.4 Å². The van der Waals surface area contributed by atoms with Gasteiger partial charge in [-0.2, -0.15) is 5.10 Å². The van der Waals surface area contributed by atoms with Gasteiger partial charge >= 0.3 is 11.9 Å². The molecule has 1 saturated carbocycles. The predicted molar refractivity (Wildman–Crippen MR) is 181 cm³/mol. The smallest absolute Gasteiger partial charge is 0.347 e. The molecular weight excluding hydrogens is 691 g/mol. The van der Waals surface area contributed by atoms with E-state index in [1.807, 2.05) is 60.7 Å². The Morgan fingerprint density at radius 2 is 1.68 bits per heavy atom. The predicted octanol–water partition coefficient (Wildman–Crippen LogP) is 9.43. The molecule has 7 nitrogen and oxygen atoms in total. The maximum absolute atomic E-state index is 12.2. The molecule has 0 atom stereocenters. The van der Waals surface area contributed by atoms with E-state index in [-0.39, 0.29) is 12.6 Å². The van der Waals surface area contributed by atoms with Crippen molar-refractivity contribution in [2.24, 2.45) is 0 Å². The highest BCUT2D eigenvalue weighted by molar-refractivity contribution is 14.1. The number of halogens is 2. The fraction of sp³-hybridized carbons (Fsp3) is 0.286. The zero-order valence-electron chi connectivity index (χ0n) is 24.7. The second-order valence-corrected chi connectivity index (χ2v) is 11.7. The molecule has 0 bridgehead atoms. The lowest BCUT2D eigenvalue weighted by atomic mass is 9.95. The molecule has 5 rings (SSSR count). The second-order valence-electron chi connectivity index (χ2n) is 10.8. The summed E-state index contributed by atoms with van der Waals surface area (Å²) in [5.74, 6) is -0.0569. The Kier molecular flexibility index (Phi) is 10.8. The minimum atomic E-state index is -0.417. The van der Waals surface area contributed by atoms with Crippen LogP contribution in [0.2, 0.25) is 5.02 Å². The summed E-state index contributed by atoms with van der Waals surface area (Å²) in [5.41, 5.74) is 6.47. The van der Waals surface area contributed by atoms with E-state index in [9.17, 15) is 9.59 Å². The number of carbonyl (C=O) groups excluding carboxylic acids is 2. The molecule has 1 aliphatic rings. The molecule has 1 aliphatic carbocycles. The summed E-state index contributed by atoms with van der Waals surface area (Å²) in [5, 5.41) is 5.57. The number of hydrogen-bond acceptors (Lipinski definition) is 6. The highest BCUT2D eigenvalue weighted by atomic mass is 127. The van der Waals surface area contributed by atoms with Crippen LogP contribution in [-0.4, -0.2) is 28.3 Å². The van der Waals surface area contributed by atoms with Crippen molar-refractivity contribution < 1.29 is 22.1 Å². The molecule has 0 amide bonds. The fourth-order valence-electron chi connectivity index (χ4n) is 5.51. The first kappa shape index (κ1) is 31.8. The van der Waals surface area contributed by atoms with E-state index in [1.165, 1.54) is 19.3 Å². The lowest BCUT2D eigenvalue weighted by Crippen LogP contribution is -2.15.